The van der Waals surface area contributed by atoms with Crippen LogP contribution in [0, 0.1) is 11.8 Å². The normalized spacial score (nSPS) is 19.4. The highest BCUT2D eigenvalue weighted by molar-refractivity contribution is 5.96. The zero-order valence-corrected chi connectivity index (χ0v) is 18.4. The lowest BCUT2D eigenvalue weighted by Crippen LogP contribution is -2.38. The number of rotatable bonds is 9. The van der Waals surface area contributed by atoms with Crippen LogP contribution in [0.25, 0.3) is 0 Å². The molecule has 0 aliphatic carbocycles. The Morgan fingerprint density at radius 3 is 2.40 bits per heavy atom. The molecule has 0 saturated carbocycles. The van der Waals surface area contributed by atoms with Crippen LogP contribution in [0.3, 0.4) is 0 Å². The molecular formula is C25H34N2O3. The van der Waals surface area contributed by atoms with E-state index in [1.165, 1.54) is 12.0 Å². The molecule has 5 heteroatoms. The number of carbonyl (C=O) groups is 1. The van der Waals surface area contributed by atoms with Crippen molar-refractivity contribution in [3.63, 3.8) is 0 Å². The molecule has 0 radical (unpaired) electrons. The van der Waals surface area contributed by atoms with Gasteiger partial charge < -0.3 is 14.8 Å². The zero-order chi connectivity index (χ0) is 21.3. The number of methoxy groups -OCH3 is 1. The van der Waals surface area contributed by atoms with E-state index in [0.29, 0.717) is 31.1 Å². The Bertz CT molecular complexity index is 814. The Balaban J connectivity index is 1.63. The monoisotopic (exact) mass is 410 g/mol. The van der Waals surface area contributed by atoms with Crippen molar-refractivity contribution < 1.29 is 14.3 Å². The fraction of sp³-hybridized carbons (Fsp3) is 0.480. The van der Waals surface area contributed by atoms with Crippen molar-refractivity contribution in [3.8, 4) is 5.75 Å². The molecule has 1 N–H and O–H groups in total. The summed E-state index contributed by atoms with van der Waals surface area (Å²) in [5, 5.41) is 3.07. The predicted molar refractivity (Wildman–Crippen MR) is 120 cm³/mol. The molecule has 1 saturated heterocycles. The molecule has 30 heavy (non-hydrogen) atoms. The Hall–Kier alpha value is -2.37. The van der Waals surface area contributed by atoms with Gasteiger partial charge in [0.2, 0.25) is 0 Å². The molecule has 2 unspecified atom stereocenters. The Morgan fingerprint density at radius 1 is 1.00 bits per heavy atom. The molecule has 2 aromatic rings. The van der Waals surface area contributed by atoms with Crippen LogP contribution >= 0.6 is 0 Å². The summed E-state index contributed by atoms with van der Waals surface area (Å²) in [5.41, 5.74) is 2.99. The molecule has 1 aliphatic rings. The highest BCUT2D eigenvalue weighted by Gasteiger charge is 2.22. The number of likely N-dealkylation sites (tertiary alicyclic amines) is 1. The number of piperidine rings is 1. The molecule has 1 aliphatic heterocycles. The molecule has 0 spiro atoms. The summed E-state index contributed by atoms with van der Waals surface area (Å²) in [6.07, 6.45) is 1.31. The van der Waals surface area contributed by atoms with Crippen LogP contribution < -0.4 is 10.1 Å². The zero-order valence-electron chi connectivity index (χ0n) is 18.4. The third-order valence-electron chi connectivity index (χ3n) is 5.57. The highest BCUT2D eigenvalue weighted by Crippen LogP contribution is 2.23. The van der Waals surface area contributed by atoms with E-state index in [1.807, 2.05) is 24.3 Å². The molecule has 0 bridgehead atoms. The molecule has 162 valence electrons. The average molecular weight is 411 g/mol. The number of nitrogens with one attached hydrogen (secondary N) is 1. The second kappa shape index (κ2) is 11.1. The van der Waals surface area contributed by atoms with Gasteiger partial charge in [0.05, 0.1) is 12.2 Å². The van der Waals surface area contributed by atoms with Gasteiger partial charge in [0.1, 0.15) is 12.4 Å². The number of para-hydroxylation sites is 1. The van der Waals surface area contributed by atoms with E-state index in [2.05, 4.69) is 42.3 Å². The maximum absolute atomic E-state index is 12.8. The van der Waals surface area contributed by atoms with E-state index in [-0.39, 0.29) is 5.91 Å². The van der Waals surface area contributed by atoms with Crippen LogP contribution in [-0.2, 0) is 17.8 Å². The number of amides is 1. The molecule has 1 fully saturated rings. The minimum atomic E-state index is -0.127. The lowest BCUT2D eigenvalue weighted by Gasteiger charge is -2.35. The first kappa shape index (κ1) is 22.3. The highest BCUT2D eigenvalue weighted by atomic mass is 16.5. The summed E-state index contributed by atoms with van der Waals surface area (Å²) in [7, 11) is 1.63. The van der Waals surface area contributed by atoms with Crippen LogP contribution in [0.1, 0.15) is 41.8 Å². The average Bonchev–Trinajstić information content (AvgIpc) is 2.73. The van der Waals surface area contributed by atoms with Crippen molar-refractivity contribution in [3.05, 3.63) is 65.2 Å². The van der Waals surface area contributed by atoms with Gasteiger partial charge in [0.15, 0.2) is 0 Å². The Morgan fingerprint density at radius 2 is 1.67 bits per heavy atom. The topological polar surface area (TPSA) is 50.8 Å². The minimum absolute atomic E-state index is 0.127. The molecule has 2 atom stereocenters. The van der Waals surface area contributed by atoms with Gasteiger partial charge in [-0.25, -0.2) is 0 Å². The number of carbonyl (C=O) groups excluding carboxylic acids is 1. The fourth-order valence-corrected chi connectivity index (χ4v) is 4.33. The Labute approximate surface area is 180 Å². The SMILES string of the molecule is COCCOc1ccccc1C(=O)NCc1ccccc1CN1CC(C)CC(C)C1. The minimum Gasteiger partial charge on any atom is -0.490 e. The largest absolute Gasteiger partial charge is 0.490 e. The van der Waals surface area contributed by atoms with Crippen LogP contribution in [0.2, 0.25) is 0 Å². The molecule has 2 aromatic carbocycles. The molecule has 1 amide bonds. The summed E-state index contributed by atoms with van der Waals surface area (Å²) in [4.78, 5) is 15.4. The third kappa shape index (κ3) is 6.31. The first-order valence-corrected chi connectivity index (χ1v) is 10.8. The van der Waals surface area contributed by atoms with E-state index in [1.54, 1.807) is 13.2 Å². The maximum Gasteiger partial charge on any atom is 0.255 e. The maximum atomic E-state index is 12.8. The summed E-state index contributed by atoms with van der Waals surface area (Å²) < 4.78 is 10.7. The first-order valence-electron chi connectivity index (χ1n) is 10.8. The van der Waals surface area contributed by atoms with Crippen LogP contribution in [0.5, 0.6) is 5.75 Å². The summed E-state index contributed by atoms with van der Waals surface area (Å²) in [6.45, 7) is 9.27. The van der Waals surface area contributed by atoms with Crippen molar-refractivity contribution >= 4 is 5.91 Å². The standard InChI is InChI=1S/C25H34N2O3/c1-19-14-20(2)17-27(16-19)18-22-9-5-4-8-21(22)15-26-25(28)23-10-6-7-11-24(23)30-13-12-29-3/h4-11,19-20H,12-18H2,1-3H3,(H,26,28). The second-order valence-electron chi connectivity index (χ2n) is 8.43. The molecule has 3 rings (SSSR count). The number of ether oxygens (including phenoxy) is 2. The number of hydrogen-bond acceptors (Lipinski definition) is 4. The number of hydrogen-bond donors (Lipinski definition) is 1. The van der Waals surface area contributed by atoms with Crippen molar-refractivity contribution in [1.82, 2.24) is 10.2 Å². The van der Waals surface area contributed by atoms with E-state index < -0.39 is 0 Å². The van der Waals surface area contributed by atoms with Crippen molar-refractivity contribution in [2.45, 2.75) is 33.4 Å². The van der Waals surface area contributed by atoms with Gasteiger partial charge in [0, 0.05) is 33.3 Å². The molecular weight excluding hydrogens is 376 g/mol. The van der Waals surface area contributed by atoms with Gasteiger partial charge in [-0.3, -0.25) is 9.69 Å². The molecule has 5 nitrogen and oxygen atoms in total. The van der Waals surface area contributed by atoms with E-state index in [9.17, 15) is 4.79 Å². The van der Waals surface area contributed by atoms with Crippen LogP contribution in [0.4, 0.5) is 0 Å². The summed E-state index contributed by atoms with van der Waals surface area (Å²) >= 11 is 0. The van der Waals surface area contributed by atoms with Crippen LogP contribution in [-0.4, -0.2) is 44.2 Å². The molecule has 0 aromatic heterocycles. The van der Waals surface area contributed by atoms with Gasteiger partial charge in [-0.1, -0.05) is 50.2 Å². The van der Waals surface area contributed by atoms with Gasteiger partial charge in [-0.05, 0) is 41.5 Å². The fourth-order valence-electron chi connectivity index (χ4n) is 4.33. The number of benzene rings is 2. The van der Waals surface area contributed by atoms with Crippen molar-refractivity contribution in [2.75, 3.05) is 33.4 Å². The van der Waals surface area contributed by atoms with Crippen molar-refractivity contribution in [2.24, 2.45) is 11.8 Å². The summed E-state index contributed by atoms with van der Waals surface area (Å²) in [6, 6.07) is 15.7. The number of nitrogens with zero attached hydrogens (tertiary/aromatic N) is 1. The smallest absolute Gasteiger partial charge is 0.255 e. The van der Waals surface area contributed by atoms with Gasteiger partial charge in [0.25, 0.3) is 5.91 Å². The van der Waals surface area contributed by atoms with E-state index >= 15 is 0 Å². The van der Waals surface area contributed by atoms with E-state index in [0.717, 1.165) is 37.0 Å². The van der Waals surface area contributed by atoms with Gasteiger partial charge >= 0.3 is 0 Å². The van der Waals surface area contributed by atoms with Crippen molar-refractivity contribution in [1.29, 1.82) is 0 Å². The van der Waals surface area contributed by atoms with E-state index in [4.69, 9.17) is 9.47 Å². The molecule has 1 heterocycles. The lowest BCUT2D eigenvalue weighted by atomic mass is 9.91. The van der Waals surface area contributed by atoms with Gasteiger partial charge in [-0.15, -0.1) is 0 Å². The van der Waals surface area contributed by atoms with Gasteiger partial charge in [-0.2, -0.15) is 0 Å². The quantitative estimate of drug-likeness (QED) is 0.632. The summed E-state index contributed by atoms with van der Waals surface area (Å²) in [5.74, 6) is 1.92. The second-order valence-corrected chi connectivity index (χ2v) is 8.43. The predicted octanol–water partition coefficient (Wildman–Crippen LogP) is 4.12. The lowest BCUT2D eigenvalue weighted by molar-refractivity contribution is 0.0942. The first-order chi connectivity index (χ1) is 14.6. The Kier molecular flexibility index (Phi) is 8.29. The van der Waals surface area contributed by atoms with Crippen LogP contribution in [0.15, 0.2) is 48.5 Å². The third-order valence-corrected chi connectivity index (χ3v) is 5.57.